The first-order valence-electron chi connectivity index (χ1n) is 7.32. The molecule has 2 aromatic carbocycles. The minimum Gasteiger partial charge on any atom is -0.311 e. The van der Waals surface area contributed by atoms with Crippen molar-refractivity contribution in [1.82, 2.24) is 0 Å². The standard InChI is InChI=1S/C18H12N2O2S2/c1-19-13-10-6-5-9-12(13)14(16(19)21)15-17(22)20(18(23)24-15)11-7-3-2-4-8-11/h2-10H,1H3/b15-14+. The van der Waals surface area contributed by atoms with Crippen molar-refractivity contribution in [2.24, 2.45) is 0 Å². The monoisotopic (exact) mass is 352 g/mol. The van der Waals surface area contributed by atoms with Gasteiger partial charge in [-0.3, -0.25) is 14.5 Å². The van der Waals surface area contributed by atoms with E-state index in [4.69, 9.17) is 12.2 Å². The van der Waals surface area contributed by atoms with Crippen LogP contribution in [0.3, 0.4) is 0 Å². The maximum atomic E-state index is 13.0. The van der Waals surface area contributed by atoms with Gasteiger partial charge < -0.3 is 4.90 Å². The summed E-state index contributed by atoms with van der Waals surface area (Å²) in [6.07, 6.45) is 0. The van der Waals surface area contributed by atoms with Crippen LogP contribution in [-0.2, 0) is 9.59 Å². The summed E-state index contributed by atoms with van der Waals surface area (Å²) in [6.45, 7) is 0. The molecule has 0 N–H and O–H groups in total. The molecule has 2 amide bonds. The van der Waals surface area contributed by atoms with Crippen molar-refractivity contribution in [3.8, 4) is 0 Å². The van der Waals surface area contributed by atoms with E-state index in [9.17, 15) is 9.59 Å². The number of nitrogens with zero attached hydrogens (tertiary/aromatic N) is 2. The molecule has 0 saturated carbocycles. The quantitative estimate of drug-likeness (QED) is 0.582. The lowest BCUT2D eigenvalue weighted by Gasteiger charge is -2.14. The lowest BCUT2D eigenvalue weighted by Crippen LogP contribution is -2.28. The summed E-state index contributed by atoms with van der Waals surface area (Å²) in [5.74, 6) is -0.422. The number of para-hydroxylation sites is 2. The molecule has 0 aromatic heterocycles. The molecule has 0 spiro atoms. The molecule has 2 heterocycles. The molecule has 24 heavy (non-hydrogen) atoms. The van der Waals surface area contributed by atoms with E-state index >= 15 is 0 Å². The second-order valence-corrected chi connectivity index (χ2v) is 7.07. The maximum Gasteiger partial charge on any atom is 0.271 e. The number of hydrogen-bond donors (Lipinski definition) is 0. The third-order valence-electron chi connectivity index (χ3n) is 4.06. The van der Waals surface area contributed by atoms with Crippen LogP contribution in [0.1, 0.15) is 5.56 Å². The fourth-order valence-corrected chi connectivity index (χ4v) is 4.28. The van der Waals surface area contributed by atoms with Crippen LogP contribution >= 0.6 is 24.0 Å². The van der Waals surface area contributed by atoms with Crippen molar-refractivity contribution in [3.05, 3.63) is 65.1 Å². The van der Waals surface area contributed by atoms with Gasteiger partial charge in [-0.15, -0.1) is 0 Å². The molecule has 0 unspecified atom stereocenters. The van der Waals surface area contributed by atoms with Gasteiger partial charge in [0.1, 0.15) is 0 Å². The first-order valence-corrected chi connectivity index (χ1v) is 8.55. The Labute approximate surface area is 148 Å². The summed E-state index contributed by atoms with van der Waals surface area (Å²) >= 11 is 6.57. The predicted octanol–water partition coefficient (Wildman–Crippen LogP) is 3.44. The number of thiocarbonyl (C=S) groups is 1. The van der Waals surface area contributed by atoms with Gasteiger partial charge in [0.25, 0.3) is 11.8 Å². The third-order valence-corrected chi connectivity index (χ3v) is 5.44. The van der Waals surface area contributed by atoms with E-state index in [0.717, 1.165) is 11.3 Å². The van der Waals surface area contributed by atoms with Crippen molar-refractivity contribution >= 4 is 57.1 Å². The van der Waals surface area contributed by atoms with E-state index in [2.05, 4.69) is 0 Å². The number of anilines is 2. The average Bonchev–Trinajstić information content (AvgIpc) is 3.03. The summed E-state index contributed by atoms with van der Waals surface area (Å²) in [6, 6.07) is 16.7. The van der Waals surface area contributed by atoms with Gasteiger partial charge in [-0.1, -0.05) is 60.4 Å². The number of carbonyl (C=O) groups excluding carboxylic acids is 2. The summed E-state index contributed by atoms with van der Waals surface area (Å²) in [5, 5.41) is 0. The molecule has 2 aromatic rings. The Morgan fingerprint density at radius 2 is 1.58 bits per heavy atom. The summed E-state index contributed by atoms with van der Waals surface area (Å²) in [5.41, 5.74) is 2.73. The minimum absolute atomic E-state index is 0.176. The van der Waals surface area contributed by atoms with E-state index in [0.29, 0.717) is 20.5 Å². The molecule has 4 nitrogen and oxygen atoms in total. The van der Waals surface area contributed by atoms with Gasteiger partial charge in [-0.25, -0.2) is 0 Å². The summed E-state index contributed by atoms with van der Waals surface area (Å²) < 4.78 is 0.438. The van der Waals surface area contributed by atoms with Gasteiger partial charge in [0.15, 0.2) is 4.32 Å². The number of fused-ring (bicyclic) bond motifs is 1. The first kappa shape index (κ1) is 15.1. The van der Waals surface area contributed by atoms with E-state index in [1.165, 1.54) is 16.7 Å². The van der Waals surface area contributed by atoms with Crippen LogP contribution in [0.5, 0.6) is 0 Å². The highest BCUT2D eigenvalue weighted by Crippen LogP contribution is 2.44. The number of rotatable bonds is 1. The van der Waals surface area contributed by atoms with Crippen LogP contribution in [0.15, 0.2) is 59.5 Å². The second-order valence-electron chi connectivity index (χ2n) is 5.43. The lowest BCUT2D eigenvalue weighted by atomic mass is 10.1. The Hall–Kier alpha value is -2.44. The molecule has 118 valence electrons. The molecule has 0 aliphatic carbocycles. The van der Waals surface area contributed by atoms with Gasteiger partial charge in [0, 0.05) is 12.6 Å². The number of hydrogen-bond acceptors (Lipinski definition) is 4. The van der Waals surface area contributed by atoms with E-state index in [1.807, 2.05) is 54.6 Å². The Kier molecular flexibility index (Phi) is 3.51. The SMILES string of the molecule is CN1C(=O)/C(=C2/SC(=S)N(c3ccccc3)C2=O)c2ccccc21. The second kappa shape index (κ2) is 5.58. The van der Waals surface area contributed by atoms with Crippen LogP contribution in [0, 0.1) is 0 Å². The van der Waals surface area contributed by atoms with Crippen molar-refractivity contribution in [3.63, 3.8) is 0 Å². The molecular formula is C18H12N2O2S2. The van der Waals surface area contributed by atoms with Gasteiger partial charge in [0.2, 0.25) is 0 Å². The molecule has 1 fully saturated rings. The minimum atomic E-state index is -0.246. The lowest BCUT2D eigenvalue weighted by molar-refractivity contribution is -0.115. The highest BCUT2D eigenvalue weighted by atomic mass is 32.2. The van der Waals surface area contributed by atoms with Crippen LogP contribution in [0.2, 0.25) is 0 Å². The molecule has 1 saturated heterocycles. The molecule has 6 heteroatoms. The summed E-state index contributed by atoms with van der Waals surface area (Å²) in [7, 11) is 1.71. The van der Waals surface area contributed by atoms with E-state index < -0.39 is 0 Å². The topological polar surface area (TPSA) is 40.6 Å². The van der Waals surface area contributed by atoms with Crippen LogP contribution in [-0.4, -0.2) is 23.2 Å². The number of benzene rings is 2. The number of carbonyl (C=O) groups is 2. The van der Waals surface area contributed by atoms with Crippen molar-refractivity contribution in [2.75, 3.05) is 16.8 Å². The third kappa shape index (κ3) is 2.11. The Bertz CT molecular complexity index is 922. The molecule has 0 atom stereocenters. The van der Waals surface area contributed by atoms with Gasteiger partial charge in [-0.2, -0.15) is 0 Å². The Morgan fingerprint density at radius 3 is 2.33 bits per heavy atom. The average molecular weight is 352 g/mol. The molecule has 4 rings (SSSR count). The molecule has 0 bridgehead atoms. The Balaban J connectivity index is 1.86. The number of likely N-dealkylation sites (N-methyl/N-ethyl adjacent to an activating group) is 1. The predicted molar refractivity (Wildman–Crippen MR) is 101 cm³/mol. The highest BCUT2D eigenvalue weighted by molar-refractivity contribution is 8.27. The van der Waals surface area contributed by atoms with Crippen LogP contribution in [0.4, 0.5) is 11.4 Å². The van der Waals surface area contributed by atoms with E-state index in [1.54, 1.807) is 11.9 Å². The smallest absolute Gasteiger partial charge is 0.271 e. The molecule has 2 aliphatic rings. The van der Waals surface area contributed by atoms with Crippen molar-refractivity contribution in [2.45, 2.75) is 0 Å². The summed E-state index contributed by atoms with van der Waals surface area (Å²) in [4.78, 5) is 29.1. The van der Waals surface area contributed by atoms with Crippen molar-refractivity contribution in [1.29, 1.82) is 0 Å². The largest absolute Gasteiger partial charge is 0.311 e. The normalized spacial score (nSPS) is 20.1. The zero-order chi connectivity index (χ0) is 16.8. The Morgan fingerprint density at radius 1 is 0.917 bits per heavy atom. The zero-order valence-electron chi connectivity index (χ0n) is 12.7. The molecule has 0 radical (unpaired) electrons. The van der Waals surface area contributed by atoms with Gasteiger partial charge >= 0.3 is 0 Å². The highest BCUT2D eigenvalue weighted by Gasteiger charge is 2.41. The molecular weight excluding hydrogens is 340 g/mol. The fraction of sp³-hybridized carbons (Fsp3) is 0.0556. The van der Waals surface area contributed by atoms with Gasteiger partial charge in [0.05, 0.1) is 21.9 Å². The number of amides is 2. The maximum absolute atomic E-state index is 13.0. The molecule has 2 aliphatic heterocycles. The van der Waals surface area contributed by atoms with E-state index in [-0.39, 0.29) is 11.8 Å². The van der Waals surface area contributed by atoms with Gasteiger partial charge in [-0.05, 0) is 18.2 Å². The zero-order valence-corrected chi connectivity index (χ0v) is 14.4. The first-order chi connectivity index (χ1) is 11.6. The van der Waals surface area contributed by atoms with Crippen molar-refractivity contribution < 1.29 is 9.59 Å². The number of thioether (sulfide) groups is 1. The van der Waals surface area contributed by atoms with Crippen LogP contribution in [0.25, 0.3) is 5.57 Å². The van der Waals surface area contributed by atoms with Crippen LogP contribution < -0.4 is 9.80 Å². The fourth-order valence-electron chi connectivity index (χ4n) is 2.91.